The van der Waals surface area contributed by atoms with Crippen LogP contribution in [-0.2, 0) is 23.8 Å². The summed E-state index contributed by atoms with van der Waals surface area (Å²) in [5.74, 6) is -1.22. The van der Waals surface area contributed by atoms with E-state index in [0.29, 0.717) is 12.8 Å². The van der Waals surface area contributed by atoms with Crippen molar-refractivity contribution < 1.29 is 49.3 Å². The van der Waals surface area contributed by atoms with Crippen LogP contribution in [0.5, 0.6) is 0 Å². The molecular formula is C76H129NO10. The van der Waals surface area contributed by atoms with Crippen molar-refractivity contribution >= 4 is 11.9 Å². The minimum Gasteiger partial charge on any atom is -0.454 e. The van der Waals surface area contributed by atoms with Gasteiger partial charge in [-0.3, -0.25) is 9.59 Å². The number of aliphatic hydroxyl groups is 5. The molecule has 0 radical (unpaired) electrons. The van der Waals surface area contributed by atoms with Crippen LogP contribution in [0.2, 0.25) is 0 Å². The number of aliphatic hydroxyl groups excluding tert-OH is 5. The smallest absolute Gasteiger partial charge is 0.306 e. The van der Waals surface area contributed by atoms with E-state index in [1.807, 2.05) is 6.08 Å². The molecule has 1 aliphatic heterocycles. The Morgan fingerprint density at radius 3 is 1.26 bits per heavy atom. The van der Waals surface area contributed by atoms with Gasteiger partial charge in [0, 0.05) is 6.42 Å². The highest BCUT2D eigenvalue weighted by atomic mass is 16.7. The van der Waals surface area contributed by atoms with E-state index in [1.54, 1.807) is 6.08 Å². The van der Waals surface area contributed by atoms with E-state index in [0.717, 1.165) is 135 Å². The summed E-state index contributed by atoms with van der Waals surface area (Å²) < 4.78 is 17.7. The average molecular weight is 1220 g/mol. The molecule has 1 fully saturated rings. The number of rotatable bonds is 59. The molecule has 0 aromatic rings. The van der Waals surface area contributed by atoms with Crippen LogP contribution < -0.4 is 5.32 Å². The van der Waals surface area contributed by atoms with Crippen molar-refractivity contribution in [2.75, 3.05) is 13.2 Å². The molecule has 0 spiro atoms. The van der Waals surface area contributed by atoms with Crippen LogP contribution >= 0.6 is 0 Å². The molecule has 1 heterocycles. The first-order valence-electron chi connectivity index (χ1n) is 35.3. The number of allylic oxidation sites excluding steroid dienone is 19. The standard InChI is InChI=1S/C76H129NO10/c1-4-7-10-13-16-19-22-25-27-29-31-33-34-35-37-38-40-42-45-48-51-54-57-60-63-69(80)75(84)77-67(68(79)62-59-56-53-50-47-44-24-21-18-15-12-9-6-3)66-85-76-74(73(83)72(82)70(65-78)86-76)87-71(81)64-61-58-55-52-49-46-43-41-39-36-32-30-28-26-23-20-17-14-11-8-5-2/h7,10,16-17,19-20,25-28,31-33,35-37,40,42,59,62,67-70,72-74,76,78-80,82-83H,4-6,8-9,11-15,18,21-24,29-30,34,38-39,41,43-58,60-61,63-66H2,1-3H3,(H,77,84)/b10-7-,19-16-,20-17-,27-25-,28-26-,33-31-,36-32-,37-35-,42-40-,62-59+. The van der Waals surface area contributed by atoms with Gasteiger partial charge in [0.25, 0.3) is 0 Å². The lowest BCUT2D eigenvalue weighted by molar-refractivity contribution is -0.305. The number of hydrogen-bond acceptors (Lipinski definition) is 10. The van der Waals surface area contributed by atoms with Gasteiger partial charge in [-0.05, 0) is 116 Å². The van der Waals surface area contributed by atoms with Crippen LogP contribution in [0.4, 0.5) is 0 Å². The van der Waals surface area contributed by atoms with Gasteiger partial charge in [-0.2, -0.15) is 0 Å². The topological polar surface area (TPSA) is 175 Å². The maximum absolute atomic E-state index is 13.5. The van der Waals surface area contributed by atoms with Crippen molar-refractivity contribution in [3.63, 3.8) is 0 Å². The van der Waals surface area contributed by atoms with Gasteiger partial charge in [0.05, 0.1) is 25.4 Å². The largest absolute Gasteiger partial charge is 0.454 e. The first-order valence-corrected chi connectivity index (χ1v) is 35.3. The summed E-state index contributed by atoms with van der Waals surface area (Å²) in [6.07, 6.45) is 76.5. The molecule has 498 valence electrons. The average Bonchev–Trinajstić information content (AvgIpc) is 1.53. The predicted octanol–water partition coefficient (Wildman–Crippen LogP) is 18.2. The number of hydrogen-bond donors (Lipinski definition) is 6. The molecule has 0 aromatic carbocycles. The molecule has 0 saturated carbocycles. The van der Waals surface area contributed by atoms with Crippen molar-refractivity contribution in [3.8, 4) is 0 Å². The van der Waals surface area contributed by atoms with E-state index in [-0.39, 0.29) is 19.4 Å². The van der Waals surface area contributed by atoms with Crippen molar-refractivity contribution in [3.05, 3.63) is 122 Å². The zero-order chi connectivity index (χ0) is 63.1. The van der Waals surface area contributed by atoms with Crippen LogP contribution in [0, 0.1) is 0 Å². The van der Waals surface area contributed by atoms with Crippen LogP contribution in [0.3, 0.4) is 0 Å². The lowest BCUT2D eigenvalue weighted by atomic mass is 9.99. The summed E-state index contributed by atoms with van der Waals surface area (Å²) in [7, 11) is 0. The Morgan fingerprint density at radius 2 is 0.828 bits per heavy atom. The summed E-state index contributed by atoms with van der Waals surface area (Å²) in [5.41, 5.74) is 0. The molecule has 11 nitrogen and oxygen atoms in total. The molecule has 1 saturated heterocycles. The maximum atomic E-state index is 13.5. The molecule has 1 rings (SSSR count). The van der Waals surface area contributed by atoms with Gasteiger partial charge in [0.15, 0.2) is 12.4 Å². The second kappa shape index (κ2) is 62.3. The fraction of sp³-hybridized carbons (Fsp3) is 0.711. The Bertz CT molecular complexity index is 1880. The normalized spacial score (nSPS) is 19.0. The first kappa shape index (κ1) is 81.1. The van der Waals surface area contributed by atoms with Crippen molar-refractivity contribution in [2.24, 2.45) is 0 Å². The number of esters is 1. The van der Waals surface area contributed by atoms with Gasteiger partial charge in [0.1, 0.15) is 24.4 Å². The molecule has 0 aliphatic carbocycles. The van der Waals surface area contributed by atoms with Gasteiger partial charge >= 0.3 is 5.97 Å². The van der Waals surface area contributed by atoms with Gasteiger partial charge in [-0.25, -0.2) is 0 Å². The quantitative estimate of drug-likeness (QED) is 0.0195. The van der Waals surface area contributed by atoms with Crippen LogP contribution in [-0.4, -0.2) is 99.6 Å². The Labute approximate surface area is 531 Å². The molecule has 1 aliphatic rings. The number of unbranched alkanes of at least 4 members (excludes halogenated alkanes) is 27. The fourth-order valence-electron chi connectivity index (χ4n) is 10.3. The summed E-state index contributed by atoms with van der Waals surface area (Å²) >= 11 is 0. The molecule has 0 bridgehead atoms. The van der Waals surface area contributed by atoms with E-state index in [2.05, 4.69) is 135 Å². The molecule has 8 unspecified atom stereocenters. The Balaban J connectivity index is 2.64. The van der Waals surface area contributed by atoms with Crippen LogP contribution in [0.25, 0.3) is 0 Å². The van der Waals surface area contributed by atoms with Crippen molar-refractivity contribution in [2.45, 2.75) is 333 Å². The highest BCUT2D eigenvalue weighted by molar-refractivity contribution is 5.80. The zero-order valence-corrected chi connectivity index (χ0v) is 55.3. The zero-order valence-electron chi connectivity index (χ0n) is 55.3. The summed E-state index contributed by atoms with van der Waals surface area (Å²) in [6.45, 7) is 5.65. The molecular weight excluding hydrogens is 1090 g/mol. The second-order valence-corrected chi connectivity index (χ2v) is 23.9. The van der Waals surface area contributed by atoms with E-state index in [4.69, 9.17) is 14.2 Å². The highest BCUT2D eigenvalue weighted by Crippen LogP contribution is 2.26. The van der Waals surface area contributed by atoms with E-state index < -0.39 is 67.4 Å². The summed E-state index contributed by atoms with van der Waals surface area (Å²) in [6, 6.07) is -1.04. The molecule has 6 N–H and O–H groups in total. The molecule has 1 amide bonds. The third kappa shape index (κ3) is 49.5. The van der Waals surface area contributed by atoms with Gasteiger partial charge in [0.2, 0.25) is 5.91 Å². The lowest BCUT2D eigenvalue weighted by Crippen LogP contribution is -2.61. The molecule has 8 atom stereocenters. The number of amides is 1. The predicted molar refractivity (Wildman–Crippen MR) is 365 cm³/mol. The van der Waals surface area contributed by atoms with Gasteiger partial charge in [-0.15, -0.1) is 0 Å². The third-order valence-electron chi connectivity index (χ3n) is 15.8. The Morgan fingerprint density at radius 1 is 0.460 bits per heavy atom. The SMILES string of the molecule is CC/C=C\C/C=C\C/C=C\C/C=C\C/C=C\C/C=C\CCCCCCCC(O)C(=O)NC(COC1OC(CO)C(O)C(O)C1OC(=O)CCCCCCCCCC/C=C\C/C=C\C/C=C\CCCCC)C(O)/C=C/CCCCCCCCCCCCC. The van der Waals surface area contributed by atoms with Gasteiger partial charge < -0.3 is 45.1 Å². The number of nitrogens with one attached hydrogen (secondary N) is 1. The minimum atomic E-state index is -1.63. The van der Waals surface area contributed by atoms with Crippen molar-refractivity contribution in [1.82, 2.24) is 5.32 Å². The lowest BCUT2D eigenvalue weighted by Gasteiger charge is -2.41. The maximum Gasteiger partial charge on any atom is 0.306 e. The van der Waals surface area contributed by atoms with Gasteiger partial charge in [-0.1, -0.05) is 284 Å². The minimum absolute atomic E-state index is 0.107. The van der Waals surface area contributed by atoms with E-state index in [9.17, 15) is 35.1 Å². The monoisotopic (exact) mass is 1220 g/mol. The summed E-state index contributed by atoms with van der Waals surface area (Å²) in [5, 5.41) is 57.3. The highest BCUT2D eigenvalue weighted by Gasteiger charge is 2.47. The first-order chi connectivity index (χ1) is 42.7. The van der Waals surface area contributed by atoms with Crippen molar-refractivity contribution in [1.29, 1.82) is 0 Å². The number of carbonyl (C=O) groups excluding carboxylic acids is 2. The molecule has 11 heteroatoms. The number of carbonyl (C=O) groups is 2. The fourth-order valence-corrected chi connectivity index (χ4v) is 10.3. The third-order valence-corrected chi connectivity index (χ3v) is 15.8. The Kier molecular flexibility index (Phi) is 58.0. The second-order valence-electron chi connectivity index (χ2n) is 23.9. The summed E-state index contributed by atoms with van der Waals surface area (Å²) in [4.78, 5) is 26.7. The Hall–Kier alpha value is -3.94. The van der Waals surface area contributed by atoms with E-state index >= 15 is 0 Å². The molecule has 0 aromatic heterocycles. The molecule has 87 heavy (non-hydrogen) atoms. The van der Waals surface area contributed by atoms with Crippen LogP contribution in [0.1, 0.15) is 284 Å². The van der Waals surface area contributed by atoms with Crippen LogP contribution in [0.15, 0.2) is 122 Å². The number of ether oxygens (including phenoxy) is 3. The van der Waals surface area contributed by atoms with E-state index in [1.165, 1.54) is 103 Å².